The van der Waals surface area contributed by atoms with Gasteiger partial charge < -0.3 is 20.3 Å². The van der Waals surface area contributed by atoms with Gasteiger partial charge in [-0.3, -0.25) is 4.79 Å². The summed E-state index contributed by atoms with van der Waals surface area (Å²) in [6.07, 6.45) is 0.00476. The normalized spacial score (nSPS) is 11.4. The zero-order valence-electron chi connectivity index (χ0n) is 14.1. The number of carbonyl (C=O) groups excluding carboxylic acids is 1. The van der Waals surface area contributed by atoms with Gasteiger partial charge in [0.2, 0.25) is 5.91 Å². The number of carbonyl (C=O) groups is 1. The maximum atomic E-state index is 13.0. The molecule has 1 heterocycles. The summed E-state index contributed by atoms with van der Waals surface area (Å²) in [5.41, 5.74) is 7.28. The molecule has 0 saturated carbocycles. The SMILES string of the molecule is Cc1noc(C)c1COc1ccc(CC(=O)NCC(F)(F)CN)cc1. The first-order valence-corrected chi connectivity index (χ1v) is 7.79. The quantitative estimate of drug-likeness (QED) is 0.759. The van der Waals surface area contributed by atoms with Crippen molar-refractivity contribution in [1.82, 2.24) is 10.5 Å². The second-order valence-electron chi connectivity index (χ2n) is 5.75. The molecule has 2 aromatic rings. The average Bonchev–Trinajstić information content (AvgIpc) is 2.91. The number of nitrogens with two attached hydrogens (primary N) is 1. The number of aryl methyl sites for hydroxylation is 2. The van der Waals surface area contributed by atoms with Crippen molar-refractivity contribution in [3.05, 3.63) is 46.8 Å². The standard InChI is InChI=1S/C17H21F2N3O3/c1-11-15(12(2)25-22-11)8-24-14-5-3-13(4-6-14)7-16(23)21-10-17(18,19)9-20/h3-6H,7-10,20H2,1-2H3,(H,21,23). The van der Waals surface area contributed by atoms with Crippen molar-refractivity contribution in [3.63, 3.8) is 0 Å². The molecule has 0 fully saturated rings. The summed E-state index contributed by atoms with van der Waals surface area (Å²) in [5, 5.41) is 6.03. The topological polar surface area (TPSA) is 90.4 Å². The van der Waals surface area contributed by atoms with E-state index in [1.807, 2.05) is 13.8 Å². The van der Waals surface area contributed by atoms with E-state index in [0.717, 1.165) is 11.3 Å². The Bertz CT molecular complexity index is 695. The molecule has 0 unspecified atom stereocenters. The van der Waals surface area contributed by atoms with E-state index in [1.54, 1.807) is 24.3 Å². The van der Waals surface area contributed by atoms with Crippen molar-refractivity contribution in [2.45, 2.75) is 32.8 Å². The number of alkyl halides is 2. The summed E-state index contributed by atoms with van der Waals surface area (Å²) >= 11 is 0. The molecule has 0 aliphatic rings. The Morgan fingerprint density at radius 2 is 2.00 bits per heavy atom. The van der Waals surface area contributed by atoms with Crippen LogP contribution in [0.5, 0.6) is 5.75 Å². The molecule has 0 aliphatic heterocycles. The van der Waals surface area contributed by atoms with Gasteiger partial charge in [0.25, 0.3) is 5.92 Å². The third kappa shape index (κ3) is 5.53. The van der Waals surface area contributed by atoms with Gasteiger partial charge in [-0.15, -0.1) is 0 Å². The molecule has 25 heavy (non-hydrogen) atoms. The van der Waals surface area contributed by atoms with Crippen molar-refractivity contribution in [3.8, 4) is 5.75 Å². The van der Waals surface area contributed by atoms with Crippen molar-refractivity contribution in [2.24, 2.45) is 5.73 Å². The average molecular weight is 353 g/mol. The van der Waals surface area contributed by atoms with Crippen LogP contribution in [0.3, 0.4) is 0 Å². The van der Waals surface area contributed by atoms with Gasteiger partial charge in [-0.2, -0.15) is 0 Å². The molecule has 0 atom stereocenters. The Morgan fingerprint density at radius 3 is 2.56 bits per heavy atom. The van der Waals surface area contributed by atoms with E-state index in [4.69, 9.17) is 15.0 Å². The lowest BCUT2D eigenvalue weighted by molar-refractivity contribution is -0.122. The highest BCUT2D eigenvalue weighted by Crippen LogP contribution is 2.18. The van der Waals surface area contributed by atoms with E-state index >= 15 is 0 Å². The van der Waals surface area contributed by atoms with E-state index in [1.165, 1.54) is 0 Å². The first-order chi connectivity index (χ1) is 11.8. The van der Waals surface area contributed by atoms with Gasteiger partial charge in [0, 0.05) is 0 Å². The van der Waals surface area contributed by atoms with Gasteiger partial charge in [0.05, 0.1) is 30.8 Å². The van der Waals surface area contributed by atoms with Crippen LogP contribution in [0.15, 0.2) is 28.8 Å². The number of hydrogen-bond acceptors (Lipinski definition) is 5. The van der Waals surface area contributed by atoms with Gasteiger partial charge in [0.1, 0.15) is 18.1 Å². The third-order valence-electron chi connectivity index (χ3n) is 3.70. The van der Waals surface area contributed by atoms with Crippen molar-refractivity contribution in [1.29, 1.82) is 0 Å². The summed E-state index contributed by atoms with van der Waals surface area (Å²) in [6.45, 7) is 2.42. The maximum Gasteiger partial charge on any atom is 0.277 e. The Balaban J connectivity index is 1.84. The lowest BCUT2D eigenvalue weighted by Crippen LogP contribution is -2.42. The van der Waals surface area contributed by atoms with Crippen LogP contribution in [0.2, 0.25) is 0 Å². The fourth-order valence-corrected chi connectivity index (χ4v) is 2.11. The van der Waals surface area contributed by atoms with Crippen LogP contribution in [0, 0.1) is 13.8 Å². The predicted molar refractivity (Wildman–Crippen MR) is 87.5 cm³/mol. The number of ether oxygens (including phenoxy) is 1. The number of rotatable bonds is 8. The molecule has 0 bridgehead atoms. The number of aromatic nitrogens is 1. The van der Waals surface area contributed by atoms with Gasteiger partial charge in [0.15, 0.2) is 0 Å². The smallest absolute Gasteiger partial charge is 0.277 e. The van der Waals surface area contributed by atoms with Crippen molar-refractivity contribution in [2.75, 3.05) is 13.1 Å². The van der Waals surface area contributed by atoms with Crippen LogP contribution in [-0.4, -0.2) is 30.1 Å². The molecule has 6 nitrogen and oxygen atoms in total. The molecule has 0 spiro atoms. The van der Waals surface area contributed by atoms with E-state index in [9.17, 15) is 13.6 Å². The molecule has 1 amide bonds. The monoisotopic (exact) mass is 353 g/mol. The minimum Gasteiger partial charge on any atom is -0.489 e. The fraction of sp³-hybridized carbons (Fsp3) is 0.412. The van der Waals surface area contributed by atoms with E-state index < -0.39 is 24.9 Å². The second kappa shape index (κ2) is 8.06. The van der Waals surface area contributed by atoms with Crippen LogP contribution in [0.1, 0.15) is 22.6 Å². The van der Waals surface area contributed by atoms with Crippen molar-refractivity contribution >= 4 is 5.91 Å². The Hall–Kier alpha value is -2.48. The molecule has 1 aromatic carbocycles. The maximum absolute atomic E-state index is 13.0. The summed E-state index contributed by atoms with van der Waals surface area (Å²) in [5.74, 6) is -2.25. The van der Waals surface area contributed by atoms with E-state index in [0.29, 0.717) is 23.7 Å². The highest BCUT2D eigenvalue weighted by molar-refractivity contribution is 5.78. The molecule has 2 rings (SSSR count). The largest absolute Gasteiger partial charge is 0.489 e. The van der Waals surface area contributed by atoms with Crippen LogP contribution in [0.4, 0.5) is 8.78 Å². The molecule has 136 valence electrons. The highest BCUT2D eigenvalue weighted by Gasteiger charge is 2.27. The molecule has 3 N–H and O–H groups in total. The molecule has 0 radical (unpaired) electrons. The molecule has 8 heteroatoms. The summed E-state index contributed by atoms with van der Waals surface area (Å²) in [7, 11) is 0. The summed E-state index contributed by atoms with van der Waals surface area (Å²) in [4.78, 5) is 11.7. The Morgan fingerprint density at radius 1 is 1.32 bits per heavy atom. The number of nitrogens with one attached hydrogen (secondary N) is 1. The first-order valence-electron chi connectivity index (χ1n) is 7.79. The van der Waals surface area contributed by atoms with Gasteiger partial charge in [-0.25, -0.2) is 8.78 Å². The van der Waals surface area contributed by atoms with Crippen molar-refractivity contribution < 1.29 is 22.8 Å². The lowest BCUT2D eigenvalue weighted by atomic mass is 10.1. The van der Waals surface area contributed by atoms with Gasteiger partial charge >= 0.3 is 0 Å². The summed E-state index contributed by atoms with van der Waals surface area (Å²) in [6, 6.07) is 6.86. The zero-order valence-corrected chi connectivity index (χ0v) is 14.1. The molecule has 1 aromatic heterocycles. The minimum atomic E-state index is -3.09. The lowest BCUT2D eigenvalue weighted by Gasteiger charge is -2.14. The molecular weight excluding hydrogens is 332 g/mol. The Kier molecular flexibility index (Phi) is 6.08. The molecular formula is C17H21F2N3O3. The van der Waals surface area contributed by atoms with Crippen LogP contribution >= 0.6 is 0 Å². The Labute approximate surface area is 144 Å². The zero-order chi connectivity index (χ0) is 18.4. The fourth-order valence-electron chi connectivity index (χ4n) is 2.11. The van der Waals surface area contributed by atoms with E-state index in [-0.39, 0.29) is 6.42 Å². The number of nitrogens with zero attached hydrogens (tertiary/aromatic N) is 1. The minimum absolute atomic E-state index is 0.00476. The second-order valence-corrected chi connectivity index (χ2v) is 5.75. The predicted octanol–water partition coefficient (Wildman–Crippen LogP) is 2.12. The number of hydrogen-bond donors (Lipinski definition) is 2. The molecule has 0 saturated heterocycles. The van der Waals surface area contributed by atoms with Crippen LogP contribution < -0.4 is 15.8 Å². The number of amides is 1. The van der Waals surface area contributed by atoms with Gasteiger partial charge in [-0.1, -0.05) is 17.3 Å². The van der Waals surface area contributed by atoms with Crippen LogP contribution in [-0.2, 0) is 17.8 Å². The molecule has 0 aliphatic carbocycles. The highest BCUT2D eigenvalue weighted by atomic mass is 19.3. The summed E-state index contributed by atoms with van der Waals surface area (Å²) < 4.78 is 36.7. The van der Waals surface area contributed by atoms with E-state index in [2.05, 4.69) is 10.5 Å². The number of benzene rings is 1. The number of halogens is 2. The van der Waals surface area contributed by atoms with Gasteiger partial charge in [-0.05, 0) is 31.5 Å². The third-order valence-corrected chi connectivity index (χ3v) is 3.70. The van der Waals surface area contributed by atoms with Crippen LogP contribution in [0.25, 0.3) is 0 Å². The first kappa shape index (κ1) is 18.9.